The first kappa shape index (κ1) is 14.3. The molecule has 2 N–H and O–H groups in total. The number of rotatable bonds is 8. The molecule has 0 aliphatic carbocycles. The van der Waals surface area contributed by atoms with E-state index in [0.29, 0.717) is 24.5 Å². The van der Waals surface area contributed by atoms with Gasteiger partial charge < -0.3 is 0 Å². The third kappa shape index (κ3) is 5.41. The van der Waals surface area contributed by atoms with Crippen molar-refractivity contribution in [2.75, 3.05) is 16.4 Å². The highest BCUT2D eigenvalue weighted by atomic mass is 35.5. The molecule has 0 bridgehead atoms. The number of nitrogens with zero attached hydrogens (tertiary/aromatic N) is 1. The fraction of sp³-hybridized carbons (Fsp3) is 0.700. The van der Waals surface area contributed by atoms with Crippen molar-refractivity contribution in [1.82, 2.24) is 10.2 Å². The Morgan fingerprint density at radius 1 is 1.47 bits per heavy atom. The molecule has 1 rings (SSSR count). The number of halogens is 1. The normalized spacial score (nSPS) is 11.6. The third-order valence-corrected chi connectivity index (χ3v) is 3.82. The molecule has 98 valence electrons. The van der Waals surface area contributed by atoms with Gasteiger partial charge in [-0.15, -0.1) is 11.6 Å². The molecular formula is C10H18ClN3O2S. The van der Waals surface area contributed by atoms with E-state index >= 15 is 0 Å². The smallest absolute Gasteiger partial charge is 0.233 e. The van der Waals surface area contributed by atoms with Crippen LogP contribution >= 0.6 is 11.6 Å². The molecule has 0 saturated heterocycles. The summed E-state index contributed by atoms with van der Waals surface area (Å²) in [5, 5.41) is 6.71. The molecular weight excluding hydrogens is 262 g/mol. The number of aromatic nitrogens is 2. The van der Waals surface area contributed by atoms with Crippen LogP contribution in [0.5, 0.6) is 0 Å². The number of hydrogen-bond donors (Lipinski definition) is 2. The first-order valence-corrected chi connectivity index (χ1v) is 7.87. The van der Waals surface area contributed by atoms with Gasteiger partial charge in [0.15, 0.2) is 5.82 Å². The molecule has 1 aromatic heterocycles. The van der Waals surface area contributed by atoms with Crippen molar-refractivity contribution in [3.8, 4) is 0 Å². The van der Waals surface area contributed by atoms with Crippen molar-refractivity contribution in [3.63, 3.8) is 0 Å². The van der Waals surface area contributed by atoms with Gasteiger partial charge in [-0.2, -0.15) is 5.10 Å². The van der Waals surface area contributed by atoms with Gasteiger partial charge in [0.05, 0.1) is 5.75 Å². The summed E-state index contributed by atoms with van der Waals surface area (Å²) >= 11 is 5.50. The van der Waals surface area contributed by atoms with Crippen LogP contribution in [0.15, 0.2) is 6.07 Å². The first-order chi connectivity index (χ1) is 8.07. The number of sulfonamides is 1. The van der Waals surface area contributed by atoms with Crippen LogP contribution in [0.25, 0.3) is 0 Å². The Balaban J connectivity index is 2.50. The Hall–Kier alpha value is -0.750. The minimum Gasteiger partial charge on any atom is -0.280 e. The summed E-state index contributed by atoms with van der Waals surface area (Å²) in [6.45, 7) is 2.05. The summed E-state index contributed by atoms with van der Waals surface area (Å²) in [6.07, 6.45) is 3.11. The molecule has 1 heterocycles. The van der Waals surface area contributed by atoms with Crippen molar-refractivity contribution in [2.45, 2.75) is 32.6 Å². The second-order valence-corrected chi connectivity index (χ2v) is 6.07. The van der Waals surface area contributed by atoms with Gasteiger partial charge in [-0.25, -0.2) is 8.42 Å². The second kappa shape index (κ2) is 6.86. The van der Waals surface area contributed by atoms with Gasteiger partial charge in [0.1, 0.15) is 0 Å². The number of anilines is 1. The Labute approximate surface area is 107 Å². The Morgan fingerprint density at radius 2 is 2.24 bits per heavy atom. The average Bonchev–Trinajstić information content (AvgIpc) is 2.65. The van der Waals surface area contributed by atoms with Crippen molar-refractivity contribution >= 4 is 27.4 Å². The van der Waals surface area contributed by atoms with Crippen LogP contribution in [-0.2, 0) is 16.4 Å². The number of alkyl halides is 1. The second-order valence-electron chi connectivity index (χ2n) is 3.85. The molecule has 0 fully saturated rings. The monoisotopic (exact) mass is 279 g/mol. The molecule has 0 atom stereocenters. The number of nitrogens with one attached hydrogen (secondary N) is 2. The summed E-state index contributed by atoms with van der Waals surface area (Å²) in [7, 11) is -3.30. The fourth-order valence-corrected chi connectivity index (χ4v) is 2.71. The minimum absolute atomic E-state index is 0.0791. The van der Waals surface area contributed by atoms with Gasteiger partial charge in [-0.1, -0.05) is 13.3 Å². The lowest BCUT2D eigenvalue weighted by Gasteiger charge is -2.03. The molecule has 17 heavy (non-hydrogen) atoms. The molecule has 0 aromatic carbocycles. The van der Waals surface area contributed by atoms with Gasteiger partial charge in [0.25, 0.3) is 0 Å². The quantitative estimate of drug-likeness (QED) is 0.565. The van der Waals surface area contributed by atoms with E-state index in [-0.39, 0.29) is 5.75 Å². The number of aromatic amines is 1. The number of hydrogen-bond acceptors (Lipinski definition) is 3. The maximum absolute atomic E-state index is 11.6. The molecule has 0 radical (unpaired) electrons. The SMILES string of the molecule is CCCc1cc(NS(=O)(=O)CCCCCl)n[nH]1. The van der Waals surface area contributed by atoms with Gasteiger partial charge in [-0.3, -0.25) is 9.82 Å². The summed E-state index contributed by atoms with van der Waals surface area (Å²) in [4.78, 5) is 0. The Bertz CT molecular complexity index is 431. The minimum atomic E-state index is -3.30. The van der Waals surface area contributed by atoms with Crippen molar-refractivity contribution in [3.05, 3.63) is 11.8 Å². The lowest BCUT2D eigenvalue weighted by molar-refractivity contribution is 0.598. The van der Waals surface area contributed by atoms with E-state index in [1.54, 1.807) is 6.07 Å². The van der Waals surface area contributed by atoms with Crippen LogP contribution < -0.4 is 4.72 Å². The molecule has 1 aromatic rings. The molecule has 0 amide bonds. The average molecular weight is 280 g/mol. The van der Waals surface area contributed by atoms with Crippen LogP contribution in [-0.4, -0.2) is 30.2 Å². The fourth-order valence-electron chi connectivity index (χ4n) is 1.41. The predicted octanol–water partition coefficient (Wildman–Crippen LogP) is 2.12. The highest BCUT2D eigenvalue weighted by molar-refractivity contribution is 7.92. The molecule has 5 nitrogen and oxygen atoms in total. The van der Waals surface area contributed by atoms with Crippen LogP contribution in [0.3, 0.4) is 0 Å². The Kier molecular flexibility index (Phi) is 5.77. The molecule has 7 heteroatoms. The Morgan fingerprint density at radius 3 is 2.88 bits per heavy atom. The molecule has 0 unspecified atom stereocenters. The zero-order valence-corrected chi connectivity index (χ0v) is 11.4. The van der Waals surface area contributed by atoms with Crippen LogP contribution in [0, 0.1) is 0 Å². The summed E-state index contributed by atoms with van der Waals surface area (Å²) in [5.41, 5.74) is 0.936. The zero-order chi connectivity index (χ0) is 12.7. The van der Waals surface area contributed by atoms with Gasteiger partial charge in [0, 0.05) is 17.6 Å². The lowest BCUT2D eigenvalue weighted by atomic mass is 10.2. The number of H-pyrrole nitrogens is 1. The zero-order valence-electron chi connectivity index (χ0n) is 9.87. The lowest BCUT2D eigenvalue weighted by Crippen LogP contribution is -2.17. The van der Waals surface area contributed by atoms with Crippen molar-refractivity contribution in [1.29, 1.82) is 0 Å². The predicted molar refractivity (Wildman–Crippen MR) is 69.9 cm³/mol. The third-order valence-electron chi connectivity index (χ3n) is 2.21. The van der Waals surface area contributed by atoms with Gasteiger partial charge in [-0.05, 0) is 19.3 Å². The van der Waals surface area contributed by atoms with Crippen molar-refractivity contribution in [2.24, 2.45) is 0 Å². The van der Waals surface area contributed by atoms with Crippen molar-refractivity contribution < 1.29 is 8.42 Å². The van der Waals surface area contributed by atoms with E-state index in [4.69, 9.17) is 11.6 Å². The highest BCUT2D eigenvalue weighted by Crippen LogP contribution is 2.10. The van der Waals surface area contributed by atoms with Crippen LogP contribution in [0.4, 0.5) is 5.82 Å². The van der Waals surface area contributed by atoms with E-state index in [9.17, 15) is 8.42 Å². The number of aryl methyl sites for hydroxylation is 1. The van der Waals surface area contributed by atoms with Gasteiger partial charge >= 0.3 is 0 Å². The molecule has 0 aliphatic heterocycles. The van der Waals surface area contributed by atoms with E-state index in [1.807, 2.05) is 0 Å². The van der Waals surface area contributed by atoms with Gasteiger partial charge in [0.2, 0.25) is 10.0 Å². The molecule has 0 spiro atoms. The number of unbranched alkanes of at least 4 members (excludes halogenated alkanes) is 1. The summed E-state index contributed by atoms with van der Waals surface area (Å²) in [6, 6.07) is 1.72. The highest BCUT2D eigenvalue weighted by Gasteiger charge is 2.11. The summed E-state index contributed by atoms with van der Waals surface area (Å²) < 4.78 is 25.7. The van der Waals surface area contributed by atoms with E-state index in [0.717, 1.165) is 18.5 Å². The topological polar surface area (TPSA) is 74.8 Å². The largest absolute Gasteiger partial charge is 0.280 e. The summed E-state index contributed by atoms with van der Waals surface area (Å²) in [5.74, 6) is 0.924. The van der Waals surface area contributed by atoms with Crippen LogP contribution in [0.1, 0.15) is 31.9 Å². The van der Waals surface area contributed by atoms with E-state index in [1.165, 1.54) is 0 Å². The molecule has 0 saturated carbocycles. The first-order valence-electron chi connectivity index (χ1n) is 5.68. The van der Waals surface area contributed by atoms with E-state index in [2.05, 4.69) is 21.8 Å². The van der Waals surface area contributed by atoms with E-state index < -0.39 is 10.0 Å². The standard InChI is InChI=1S/C10H18ClN3O2S/c1-2-5-9-8-10(13-12-9)14-17(15,16)7-4-3-6-11/h8H,2-7H2,1H3,(H2,12,13,14). The van der Waals surface area contributed by atoms with Crippen LogP contribution in [0.2, 0.25) is 0 Å². The molecule has 0 aliphatic rings. The maximum atomic E-state index is 11.6. The maximum Gasteiger partial charge on any atom is 0.233 e.